The molecule has 0 atom stereocenters. The predicted octanol–water partition coefficient (Wildman–Crippen LogP) is 5.05. The van der Waals surface area contributed by atoms with Crippen LogP contribution < -0.4 is 10.2 Å². The Kier molecular flexibility index (Phi) is 4.76. The second-order valence-electron chi connectivity index (χ2n) is 6.50. The SMILES string of the molecule is Fc1ccc(CNc2cncc(N3CCc4cc(Cl)ccc4C3)c2)cc1. The van der Waals surface area contributed by atoms with Crippen molar-refractivity contribution in [3.63, 3.8) is 0 Å². The van der Waals surface area contributed by atoms with E-state index in [4.69, 9.17) is 11.6 Å². The lowest BCUT2D eigenvalue weighted by Gasteiger charge is -2.30. The zero-order chi connectivity index (χ0) is 17.9. The first-order chi connectivity index (χ1) is 12.7. The molecule has 1 aliphatic heterocycles. The molecule has 0 radical (unpaired) electrons. The number of hydrogen-bond donors (Lipinski definition) is 1. The largest absolute Gasteiger partial charge is 0.380 e. The summed E-state index contributed by atoms with van der Waals surface area (Å²) in [6.45, 7) is 2.43. The fraction of sp³-hybridized carbons (Fsp3) is 0.190. The first-order valence-corrected chi connectivity index (χ1v) is 9.01. The minimum Gasteiger partial charge on any atom is -0.380 e. The van der Waals surface area contributed by atoms with Gasteiger partial charge in [-0.3, -0.25) is 4.98 Å². The highest BCUT2D eigenvalue weighted by Crippen LogP contribution is 2.27. The van der Waals surface area contributed by atoms with E-state index < -0.39 is 0 Å². The van der Waals surface area contributed by atoms with Crippen LogP contribution in [0.2, 0.25) is 5.02 Å². The van der Waals surface area contributed by atoms with Gasteiger partial charge in [0.15, 0.2) is 0 Å². The number of nitrogens with one attached hydrogen (secondary N) is 1. The van der Waals surface area contributed by atoms with Gasteiger partial charge in [0.2, 0.25) is 0 Å². The molecule has 1 aromatic heterocycles. The Morgan fingerprint density at radius 2 is 1.88 bits per heavy atom. The zero-order valence-electron chi connectivity index (χ0n) is 14.3. The van der Waals surface area contributed by atoms with E-state index in [0.717, 1.165) is 41.5 Å². The van der Waals surface area contributed by atoms with Gasteiger partial charge < -0.3 is 10.2 Å². The van der Waals surface area contributed by atoms with Crippen molar-refractivity contribution in [3.05, 3.63) is 88.5 Å². The van der Waals surface area contributed by atoms with Gasteiger partial charge in [0, 0.05) is 24.7 Å². The smallest absolute Gasteiger partial charge is 0.123 e. The van der Waals surface area contributed by atoms with Gasteiger partial charge in [-0.1, -0.05) is 29.8 Å². The standard InChI is InChI=1S/C21H19ClFN3/c22-18-4-3-17-14-26(8-7-16(17)9-18)21-10-20(12-24-13-21)25-11-15-1-5-19(23)6-2-15/h1-6,9-10,12-13,25H,7-8,11,14H2. The zero-order valence-corrected chi connectivity index (χ0v) is 15.0. The molecule has 132 valence electrons. The van der Waals surface area contributed by atoms with Gasteiger partial charge in [-0.05, 0) is 53.4 Å². The Morgan fingerprint density at radius 3 is 2.73 bits per heavy atom. The lowest BCUT2D eigenvalue weighted by Crippen LogP contribution is -2.30. The first kappa shape index (κ1) is 16.9. The highest BCUT2D eigenvalue weighted by Gasteiger charge is 2.17. The van der Waals surface area contributed by atoms with Crippen LogP contribution in [-0.2, 0) is 19.5 Å². The fourth-order valence-corrected chi connectivity index (χ4v) is 3.44. The van der Waals surface area contributed by atoms with Crippen LogP contribution in [0.15, 0.2) is 60.9 Å². The van der Waals surface area contributed by atoms with E-state index >= 15 is 0 Å². The third-order valence-electron chi connectivity index (χ3n) is 4.68. The molecule has 3 nitrogen and oxygen atoms in total. The van der Waals surface area contributed by atoms with E-state index in [-0.39, 0.29) is 5.82 Å². The van der Waals surface area contributed by atoms with E-state index in [9.17, 15) is 4.39 Å². The number of hydrogen-bond acceptors (Lipinski definition) is 3. The summed E-state index contributed by atoms with van der Waals surface area (Å²) in [4.78, 5) is 6.70. The molecule has 0 amide bonds. The lowest BCUT2D eigenvalue weighted by atomic mass is 9.99. The third kappa shape index (κ3) is 3.81. The fourth-order valence-electron chi connectivity index (χ4n) is 3.25. The molecule has 0 saturated heterocycles. The summed E-state index contributed by atoms with van der Waals surface area (Å²) in [5, 5.41) is 4.15. The average Bonchev–Trinajstić information content (AvgIpc) is 2.67. The molecule has 1 aliphatic rings. The second-order valence-corrected chi connectivity index (χ2v) is 6.93. The van der Waals surface area contributed by atoms with E-state index in [1.54, 1.807) is 12.1 Å². The van der Waals surface area contributed by atoms with Crippen LogP contribution in [0.3, 0.4) is 0 Å². The van der Waals surface area contributed by atoms with Gasteiger partial charge in [0.1, 0.15) is 5.82 Å². The molecule has 5 heteroatoms. The molecule has 0 saturated carbocycles. The monoisotopic (exact) mass is 367 g/mol. The Morgan fingerprint density at radius 1 is 1.04 bits per heavy atom. The molecule has 1 N–H and O–H groups in total. The molecule has 0 spiro atoms. The average molecular weight is 368 g/mol. The number of pyridine rings is 1. The number of halogens is 2. The molecule has 26 heavy (non-hydrogen) atoms. The summed E-state index contributed by atoms with van der Waals surface area (Å²) < 4.78 is 13.0. The lowest BCUT2D eigenvalue weighted by molar-refractivity contribution is 0.627. The highest BCUT2D eigenvalue weighted by molar-refractivity contribution is 6.30. The highest BCUT2D eigenvalue weighted by atomic mass is 35.5. The Bertz CT molecular complexity index is 911. The van der Waals surface area contributed by atoms with E-state index in [2.05, 4.69) is 33.4 Å². The Labute approximate surface area is 157 Å². The number of nitrogens with zero attached hydrogens (tertiary/aromatic N) is 2. The topological polar surface area (TPSA) is 28.2 Å². The van der Waals surface area contributed by atoms with Crippen molar-refractivity contribution in [2.45, 2.75) is 19.5 Å². The maximum absolute atomic E-state index is 13.0. The number of rotatable bonds is 4. The van der Waals surface area contributed by atoms with Crippen LogP contribution >= 0.6 is 11.6 Å². The molecule has 0 bridgehead atoms. The molecular weight excluding hydrogens is 349 g/mol. The molecule has 4 rings (SSSR count). The first-order valence-electron chi connectivity index (χ1n) is 8.63. The molecule has 0 unspecified atom stereocenters. The van der Waals surface area contributed by atoms with Crippen LogP contribution in [-0.4, -0.2) is 11.5 Å². The predicted molar refractivity (Wildman–Crippen MR) is 104 cm³/mol. The van der Waals surface area contributed by atoms with Crippen molar-refractivity contribution in [2.75, 3.05) is 16.8 Å². The maximum atomic E-state index is 13.0. The summed E-state index contributed by atoms with van der Waals surface area (Å²) in [5.74, 6) is -0.218. The van der Waals surface area contributed by atoms with Gasteiger partial charge in [0.05, 0.1) is 23.8 Å². The third-order valence-corrected chi connectivity index (χ3v) is 4.91. The van der Waals surface area contributed by atoms with Crippen LogP contribution in [0.4, 0.5) is 15.8 Å². The normalized spacial score (nSPS) is 13.4. The summed E-state index contributed by atoms with van der Waals surface area (Å²) in [6, 6.07) is 14.7. The quantitative estimate of drug-likeness (QED) is 0.699. The van der Waals surface area contributed by atoms with Crippen molar-refractivity contribution in [2.24, 2.45) is 0 Å². The Hall–Kier alpha value is -2.59. The summed E-state index contributed by atoms with van der Waals surface area (Å²) in [6.07, 6.45) is 4.68. The van der Waals surface area contributed by atoms with E-state index in [1.165, 1.54) is 23.3 Å². The number of benzene rings is 2. The van der Waals surface area contributed by atoms with Crippen molar-refractivity contribution < 1.29 is 4.39 Å². The molecule has 3 aromatic rings. The molecular formula is C21H19ClFN3. The second kappa shape index (κ2) is 7.34. The van der Waals surface area contributed by atoms with Crippen molar-refractivity contribution in [1.29, 1.82) is 0 Å². The van der Waals surface area contributed by atoms with E-state index in [0.29, 0.717) is 6.54 Å². The molecule has 0 fully saturated rings. The number of aromatic nitrogens is 1. The minimum atomic E-state index is -0.218. The van der Waals surface area contributed by atoms with Gasteiger partial charge >= 0.3 is 0 Å². The molecule has 2 aromatic carbocycles. The van der Waals surface area contributed by atoms with Gasteiger partial charge in [0.25, 0.3) is 0 Å². The van der Waals surface area contributed by atoms with Gasteiger partial charge in [-0.25, -0.2) is 4.39 Å². The van der Waals surface area contributed by atoms with E-state index in [1.807, 2.05) is 18.5 Å². The van der Waals surface area contributed by atoms with Crippen molar-refractivity contribution >= 4 is 23.0 Å². The summed E-state index contributed by atoms with van der Waals surface area (Å²) >= 11 is 6.09. The van der Waals surface area contributed by atoms with Crippen LogP contribution in [0.5, 0.6) is 0 Å². The van der Waals surface area contributed by atoms with Crippen molar-refractivity contribution in [1.82, 2.24) is 4.98 Å². The van der Waals surface area contributed by atoms with Crippen LogP contribution in [0.1, 0.15) is 16.7 Å². The van der Waals surface area contributed by atoms with Crippen molar-refractivity contribution in [3.8, 4) is 0 Å². The van der Waals surface area contributed by atoms with Crippen LogP contribution in [0.25, 0.3) is 0 Å². The minimum absolute atomic E-state index is 0.218. The number of fused-ring (bicyclic) bond motifs is 1. The van der Waals surface area contributed by atoms with Crippen LogP contribution in [0, 0.1) is 5.82 Å². The van der Waals surface area contributed by atoms with Gasteiger partial charge in [-0.15, -0.1) is 0 Å². The maximum Gasteiger partial charge on any atom is 0.123 e. The Balaban J connectivity index is 1.46. The molecule has 0 aliphatic carbocycles. The molecule has 2 heterocycles. The summed E-state index contributed by atoms with van der Waals surface area (Å²) in [7, 11) is 0. The number of anilines is 2. The summed E-state index contributed by atoms with van der Waals surface area (Å²) in [5.41, 5.74) is 5.71. The van der Waals surface area contributed by atoms with Gasteiger partial charge in [-0.2, -0.15) is 0 Å².